The number of nitrogens with two attached hydrogens (primary N) is 1. The fourth-order valence-corrected chi connectivity index (χ4v) is 2.08. The lowest BCUT2D eigenvalue weighted by Gasteiger charge is -2.09. The quantitative estimate of drug-likeness (QED) is 0.647. The van der Waals surface area contributed by atoms with Gasteiger partial charge in [-0.15, -0.1) is 0 Å². The lowest BCUT2D eigenvalue weighted by Crippen LogP contribution is -1.98. The van der Waals surface area contributed by atoms with Gasteiger partial charge >= 0.3 is 0 Å². The lowest BCUT2D eigenvalue weighted by molar-refractivity contribution is 0.459. The van der Waals surface area contributed by atoms with Crippen LogP contribution in [0.2, 0.25) is 0 Å². The fourth-order valence-electron chi connectivity index (χ4n) is 1.32. The van der Waals surface area contributed by atoms with Gasteiger partial charge in [0.1, 0.15) is 6.07 Å². The molecule has 92 valence electrons. The van der Waals surface area contributed by atoms with Gasteiger partial charge in [0.05, 0.1) is 33.3 Å². The highest BCUT2D eigenvalue weighted by molar-refractivity contribution is 14.1. The third-order valence-corrected chi connectivity index (χ3v) is 2.95. The van der Waals surface area contributed by atoms with Crippen LogP contribution in [0.4, 0.5) is 5.69 Å². The number of anilines is 1. The van der Waals surface area contributed by atoms with Crippen LogP contribution in [-0.4, -0.2) is 9.97 Å². The molecule has 2 N–H and O–H groups in total. The highest BCUT2D eigenvalue weighted by atomic mass is 127. The first-order valence-electron chi connectivity index (χ1n) is 5.03. The smallest absolute Gasteiger partial charge is 0.238 e. The number of hydrogen-bond acceptors (Lipinski definition) is 6. The molecule has 0 aliphatic carbocycles. The molecule has 0 spiro atoms. The second-order valence-corrected chi connectivity index (χ2v) is 4.60. The van der Waals surface area contributed by atoms with Gasteiger partial charge in [-0.05, 0) is 34.7 Å². The number of halogens is 1. The summed E-state index contributed by atoms with van der Waals surface area (Å²) in [6.45, 7) is 0. The summed E-state index contributed by atoms with van der Waals surface area (Å²) in [4.78, 5) is 7.78. The Morgan fingerprint density at radius 3 is 2.47 bits per heavy atom. The van der Waals surface area contributed by atoms with Gasteiger partial charge < -0.3 is 10.5 Å². The highest BCUT2D eigenvalue weighted by Gasteiger charge is 2.10. The molecule has 7 heteroatoms. The molecule has 0 atom stereocenters. The molecule has 0 radical (unpaired) electrons. The van der Waals surface area contributed by atoms with Gasteiger partial charge in [0.15, 0.2) is 11.4 Å². The second-order valence-electron chi connectivity index (χ2n) is 3.44. The van der Waals surface area contributed by atoms with Crippen LogP contribution in [0.3, 0.4) is 0 Å². The van der Waals surface area contributed by atoms with Crippen molar-refractivity contribution in [2.24, 2.45) is 0 Å². The van der Waals surface area contributed by atoms with Crippen molar-refractivity contribution in [1.82, 2.24) is 9.97 Å². The second kappa shape index (κ2) is 5.50. The summed E-state index contributed by atoms with van der Waals surface area (Å²) in [6, 6.07) is 7.05. The molecule has 2 rings (SSSR count). The Morgan fingerprint density at radius 1 is 1.16 bits per heavy atom. The van der Waals surface area contributed by atoms with E-state index in [4.69, 9.17) is 21.0 Å². The predicted octanol–water partition coefficient (Wildman–Crippen LogP) is 2.20. The van der Waals surface area contributed by atoms with E-state index in [2.05, 4.69) is 9.97 Å². The van der Waals surface area contributed by atoms with Gasteiger partial charge in [0.2, 0.25) is 5.88 Å². The van der Waals surface area contributed by atoms with E-state index in [9.17, 15) is 0 Å². The minimum Gasteiger partial charge on any atom is -0.434 e. The molecule has 6 nitrogen and oxygen atoms in total. The van der Waals surface area contributed by atoms with E-state index in [1.807, 2.05) is 34.7 Å². The molecule has 0 aliphatic heterocycles. The van der Waals surface area contributed by atoms with Gasteiger partial charge in [-0.3, -0.25) is 0 Å². The first-order chi connectivity index (χ1) is 9.13. The summed E-state index contributed by atoms with van der Waals surface area (Å²) in [5.41, 5.74) is 6.82. The van der Waals surface area contributed by atoms with Crippen molar-refractivity contribution in [3.63, 3.8) is 0 Å². The standard InChI is InChI=1S/C12H6IN5O/c13-9-1-7(3-14)2-10(16)12(9)19-11-6-17-8(4-15)5-18-11/h1-2,5-6H,16H2. The number of ether oxygens (including phenoxy) is 1. The average Bonchev–Trinajstić information content (AvgIpc) is 2.43. The summed E-state index contributed by atoms with van der Waals surface area (Å²) < 4.78 is 6.21. The number of aromatic nitrogens is 2. The van der Waals surface area contributed by atoms with Crippen molar-refractivity contribution in [1.29, 1.82) is 10.5 Å². The van der Waals surface area contributed by atoms with E-state index in [-0.39, 0.29) is 11.6 Å². The maximum atomic E-state index is 8.82. The summed E-state index contributed by atoms with van der Waals surface area (Å²) >= 11 is 2.02. The van der Waals surface area contributed by atoms with Crippen LogP contribution < -0.4 is 10.5 Å². The average molecular weight is 363 g/mol. The molecule has 0 saturated heterocycles. The molecule has 0 fully saturated rings. The first-order valence-corrected chi connectivity index (χ1v) is 6.11. The Kier molecular flexibility index (Phi) is 3.78. The minimum absolute atomic E-state index is 0.204. The Balaban J connectivity index is 2.33. The van der Waals surface area contributed by atoms with Gasteiger partial charge in [-0.1, -0.05) is 0 Å². The monoisotopic (exact) mass is 363 g/mol. The van der Waals surface area contributed by atoms with Crippen LogP contribution in [0.1, 0.15) is 11.3 Å². The SMILES string of the molecule is N#Cc1cc(N)c(Oc2cnc(C#N)cn2)c(I)c1. The minimum atomic E-state index is 0.204. The van der Waals surface area contributed by atoms with E-state index >= 15 is 0 Å². The molecule has 0 aliphatic rings. The largest absolute Gasteiger partial charge is 0.434 e. The number of nitrogen functional groups attached to an aromatic ring is 1. The first kappa shape index (κ1) is 13.1. The molecular formula is C12H6IN5O. The number of hydrogen-bond donors (Lipinski definition) is 1. The Labute approximate surface area is 122 Å². The Hall–Kier alpha value is -2.39. The zero-order valence-electron chi connectivity index (χ0n) is 9.46. The van der Waals surface area contributed by atoms with E-state index in [0.717, 1.165) is 0 Å². The normalized spacial score (nSPS) is 9.42. The van der Waals surface area contributed by atoms with Crippen molar-refractivity contribution < 1.29 is 4.74 Å². The van der Waals surface area contributed by atoms with Crippen LogP contribution in [0.25, 0.3) is 0 Å². The van der Waals surface area contributed by atoms with Gasteiger partial charge in [-0.2, -0.15) is 10.5 Å². The summed E-state index contributed by atoms with van der Waals surface area (Å²) in [7, 11) is 0. The lowest BCUT2D eigenvalue weighted by atomic mass is 10.2. The van der Waals surface area contributed by atoms with E-state index < -0.39 is 0 Å². The number of nitrogens with zero attached hydrogens (tertiary/aromatic N) is 4. The van der Waals surface area contributed by atoms with Gasteiger partial charge in [0, 0.05) is 0 Å². The molecular weight excluding hydrogens is 357 g/mol. The number of nitriles is 2. The van der Waals surface area contributed by atoms with Gasteiger partial charge in [0.25, 0.3) is 0 Å². The van der Waals surface area contributed by atoms with Crippen LogP contribution in [0.5, 0.6) is 11.6 Å². The maximum absolute atomic E-state index is 8.82. The van der Waals surface area contributed by atoms with Crippen molar-refractivity contribution in [2.45, 2.75) is 0 Å². The van der Waals surface area contributed by atoms with E-state index in [1.165, 1.54) is 18.5 Å². The highest BCUT2D eigenvalue weighted by Crippen LogP contribution is 2.32. The number of rotatable bonds is 2. The van der Waals surface area contributed by atoms with Crippen LogP contribution in [-0.2, 0) is 0 Å². The van der Waals surface area contributed by atoms with E-state index in [1.54, 1.807) is 6.07 Å². The summed E-state index contributed by atoms with van der Waals surface area (Å²) in [5.74, 6) is 0.645. The number of benzene rings is 1. The Morgan fingerprint density at radius 2 is 1.95 bits per heavy atom. The molecule has 1 aromatic heterocycles. The van der Waals surface area contributed by atoms with Crippen molar-refractivity contribution in [3.8, 4) is 23.8 Å². The third kappa shape index (κ3) is 2.89. The molecule has 0 bridgehead atoms. The van der Waals surface area contributed by atoms with Crippen LogP contribution in [0.15, 0.2) is 24.5 Å². The fraction of sp³-hybridized carbons (Fsp3) is 0. The molecule has 0 amide bonds. The molecule has 1 aromatic carbocycles. The van der Waals surface area contributed by atoms with Crippen molar-refractivity contribution >= 4 is 28.3 Å². The van der Waals surface area contributed by atoms with Gasteiger partial charge in [-0.25, -0.2) is 9.97 Å². The van der Waals surface area contributed by atoms with E-state index in [0.29, 0.717) is 20.6 Å². The molecule has 2 aromatic rings. The molecule has 0 saturated carbocycles. The zero-order valence-corrected chi connectivity index (χ0v) is 11.6. The topological polar surface area (TPSA) is 109 Å². The van der Waals surface area contributed by atoms with Crippen LogP contribution in [0, 0.1) is 26.2 Å². The molecule has 0 unspecified atom stereocenters. The zero-order chi connectivity index (χ0) is 13.8. The summed E-state index contributed by atoms with van der Waals surface area (Å²) in [5, 5.41) is 17.4. The molecule has 19 heavy (non-hydrogen) atoms. The van der Waals surface area contributed by atoms with Crippen LogP contribution >= 0.6 is 22.6 Å². The third-order valence-electron chi connectivity index (χ3n) is 2.15. The maximum Gasteiger partial charge on any atom is 0.238 e. The molecule has 1 heterocycles. The van der Waals surface area contributed by atoms with Crippen molar-refractivity contribution in [3.05, 3.63) is 39.4 Å². The van der Waals surface area contributed by atoms with Crippen molar-refractivity contribution in [2.75, 3.05) is 5.73 Å². The summed E-state index contributed by atoms with van der Waals surface area (Å²) in [6.07, 6.45) is 2.65. The predicted molar refractivity (Wildman–Crippen MR) is 75.1 cm³/mol. The Bertz CT molecular complexity index is 677.